The summed E-state index contributed by atoms with van der Waals surface area (Å²) in [7, 11) is 0. The van der Waals surface area contributed by atoms with Gasteiger partial charge >= 0.3 is 6.01 Å². The highest BCUT2D eigenvalue weighted by atomic mass is 16.5. The maximum atomic E-state index is 5.44. The van der Waals surface area contributed by atoms with Crippen molar-refractivity contribution in [1.82, 2.24) is 15.0 Å². The van der Waals surface area contributed by atoms with Gasteiger partial charge in [0.25, 0.3) is 0 Å². The van der Waals surface area contributed by atoms with Crippen LogP contribution >= 0.6 is 0 Å². The summed E-state index contributed by atoms with van der Waals surface area (Å²) >= 11 is 0. The molecule has 21 heavy (non-hydrogen) atoms. The van der Waals surface area contributed by atoms with E-state index in [4.69, 9.17) is 10.6 Å². The van der Waals surface area contributed by atoms with Crippen molar-refractivity contribution in [3.8, 4) is 6.01 Å². The van der Waals surface area contributed by atoms with E-state index in [1.54, 1.807) is 0 Å². The van der Waals surface area contributed by atoms with E-state index in [1.807, 2.05) is 6.92 Å². The maximum Gasteiger partial charge on any atom is 0.323 e. The molecule has 0 atom stereocenters. The highest BCUT2D eigenvalue weighted by Gasteiger charge is 2.18. The van der Waals surface area contributed by atoms with Gasteiger partial charge in [0.2, 0.25) is 11.9 Å². The Morgan fingerprint density at radius 2 is 1.67 bits per heavy atom. The highest BCUT2D eigenvalue weighted by molar-refractivity contribution is 5.34. The second kappa shape index (κ2) is 8.61. The molecule has 0 bridgehead atoms. The van der Waals surface area contributed by atoms with Crippen molar-refractivity contribution < 1.29 is 4.74 Å². The molecular formula is C14H28N6O. The van der Waals surface area contributed by atoms with E-state index in [1.165, 1.54) is 0 Å². The first-order chi connectivity index (χ1) is 9.97. The third-order valence-electron chi connectivity index (χ3n) is 3.39. The van der Waals surface area contributed by atoms with Crippen LogP contribution in [0.25, 0.3) is 0 Å². The van der Waals surface area contributed by atoms with E-state index in [-0.39, 0.29) is 6.01 Å². The normalized spacial score (nSPS) is 11.3. The van der Waals surface area contributed by atoms with Gasteiger partial charge in [-0.3, -0.25) is 5.43 Å². The minimum absolute atomic E-state index is 0.285. The highest BCUT2D eigenvalue weighted by Crippen LogP contribution is 2.21. The summed E-state index contributed by atoms with van der Waals surface area (Å²) in [5.41, 5.74) is 2.44. The smallest absolute Gasteiger partial charge is 0.323 e. The van der Waals surface area contributed by atoms with Gasteiger partial charge in [-0.2, -0.15) is 15.0 Å². The molecule has 0 radical (unpaired) electrons. The van der Waals surface area contributed by atoms with Crippen molar-refractivity contribution in [2.45, 2.75) is 41.0 Å². The fraction of sp³-hybridized carbons (Fsp3) is 0.786. The van der Waals surface area contributed by atoms with Crippen LogP contribution < -0.4 is 21.3 Å². The predicted octanol–water partition coefficient (Wildman–Crippen LogP) is 2.29. The van der Waals surface area contributed by atoms with Crippen LogP contribution in [0.3, 0.4) is 0 Å². The van der Waals surface area contributed by atoms with Crippen LogP contribution in [-0.4, -0.2) is 28.1 Å². The van der Waals surface area contributed by atoms with Crippen LogP contribution in [0.5, 0.6) is 6.01 Å². The Bertz CT molecular complexity index is 416. The Labute approximate surface area is 127 Å². The number of aromatic nitrogens is 3. The summed E-state index contributed by atoms with van der Waals surface area (Å²) in [6, 6.07) is 0.285. The van der Waals surface area contributed by atoms with Crippen molar-refractivity contribution in [3.05, 3.63) is 0 Å². The van der Waals surface area contributed by atoms with E-state index in [0.717, 1.165) is 13.0 Å². The van der Waals surface area contributed by atoms with Crippen LogP contribution in [-0.2, 0) is 0 Å². The molecule has 7 heteroatoms. The average Bonchev–Trinajstić information content (AvgIpc) is 2.44. The van der Waals surface area contributed by atoms with Gasteiger partial charge in [0.15, 0.2) is 0 Å². The van der Waals surface area contributed by atoms with Crippen LogP contribution in [0.1, 0.15) is 41.0 Å². The van der Waals surface area contributed by atoms with E-state index in [2.05, 4.69) is 53.4 Å². The van der Waals surface area contributed by atoms with E-state index in [9.17, 15) is 0 Å². The number of hydrogen-bond acceptors (Lipinski definition) is 7. The fourth-order valence-electron chi connectivity index (χ4n) is 2.21. The Balaban J connectivity index is 2.76. The molecule has 0 saturated heterocycles. The largest absolute Gasteiger partial charge is 0.463 e. The molecule has 7 nitrogen and oxygen atoms in total. The number of anilines is 2. The Hall–Kier alpha value is -1.63. The molecule has 0 amide bonds. The predicted molar refractivity (Wildman–Crippen MR) is 85.1 cm³/mol. The minimum Gasteiger partial charge on any atom is -0.463 e. The molecule has 1 heterocycles. The van der Waals surface area contributed by atoms with Gasteiger partial charge in [-0.25, -0.2) is 5.84 Å². The molecule has 0 aliphatic rings. The maximum absolute atomic E-state index is 5.44. The number of hydrazine groups is 1. The zero-order valence-electron chi connectivity index (χ0n) is 13.7. The molecule has 0 fully saturated rings. The zero-order chi connectivity index (χ0) is 15.8. The van der Waals surface area contributed by atoms with Crippen molar-refractivity contribution in [3.63, 3.8) is 0 Å². The lowest BCUT2D eigenvalue weighted by Gasteiger charge is -2.25. The molecular weight excluding hydrogens is 268 g/mol. The first-order valence-electron chi connectivity index (χ1n) is 7.57. The van der Waals surface area contributed by atoms with E-state index < -0.39 is 0 Å². The first kappa shape index (κ1) is 17.4. The summed E-state index contributed by atoms with van der Waals surface area (Å²) < 4.78 is 5.44. The van der Waals surface area contributed by atoms with Gasteiger partial charge in [0.1, 0.15) is 0 Å². The summed E-state index contributed by atoms with van der Waals surface area (Å²) in [6.45, 7) is 12.3. The fourth-order valence-corrected chi connectivity index (χ4v) is 2.21. The number of nitrogen functional groups attached to an aromatic ring is 1. The minimum atomic E-state index is 0.285. The van der Waals surface area contributed by atoms with Crippen LogP contribution in [0.15, 0.2) is 0 Å². The quantitative estimate of drug-likeness (QED) is 0.475. The number of nitrogens with one attached hydrogen (secondary N) is 2. The molecule has 1 rings (SSSR count). The summed E-state index contributed by atoms with van der Waals surface area (Å²) in [6.07, 6.45) is 0.891. The number of nitrogens with two attached hydrogens (primary N) is 1. The molecule has 1 aromatic heterocycles. The SMILES string of the molecule is CCCOc1nc(NN)nc(NCC(C(C)C)C(C)C)n1. The molecule has 0 unspecified atom stereocenters. The molecule has 0 saturated carbocycles. The molecule has 0 spiro atoms. The Morgan fingerprint density at radius 1 is 1.05 bits per heavy atom. The molecule has 0 aliphatic heterocycles. The number of ether oxygens (including phenoxy) is 1. The average molecular weight is 296 g/mol. The van der Waals surface area contributed by atoms with Gasteiger partial charge in [-0.15, -0.1) is 0 Å². The van der Waals surface area contributed by atoms with Crippen molar-refractivity contribution in [2.24, 2.45) is 23.6 Å². The Morgan fingerprint density at radius 3 is 2.19 bits per heavy atom. The lowest BCUT2D eigenvalue weighted by molar-refractivity contribution is 0.291. The van der Waals surface area contributed by atoms with Gasteiger partial charge in [-0.1, -0.05) is 34.6 Å². The monoisotopic (exact) mass is 296 g/mol. The second-order valence-electron chi connectivity index (χ2n) is 5.79. The van der Waals surface area contributed by atoms with Crippen molar-refractivity contribution in [2.75, 3.05) is 23.9 Å². The van der Waals surface area contributed by atoms with Crippen molar-refractivity contribution in [1.29, 1.82) is 0 Å². The number of nitrogens with zero attached hydrogens (tertiary/aromatic N) is 3. The molecule has 4 N–H and O–H groups in total. The van der Waals surface area contributed by atoms with E-state index in [0.29, 0.717) is 36.3 Å². The van der Waals surface area contributed by atoms with Crippen LogP contribution in [0, 0.1) is 17.8 Å². The van der Waals surface area contributed by atoms with Crippen LogP contribution in [0.2, 0.25) is 0 Å². The number of rotatable bonds is 9. The summed E-state index contributed by atoms with van der Waals surface area (Å²) in [4.78, 5) is 12.5. The molecule has 0 aromatic carbocycles. The van der Waals surface area contributed by atoms with E-state index >= 15 is 0 Å². The Kier molecular flexibility index (Phi) is 7.14. The van der Waals surface area contributed by atoms with Gasteiger partial charge in [0.05, 0.1) is 6.61 Å². The topological polar surface area (TPSA) is 98.0 Å². The number of hydrogen-bond donors (Lipinski definition) is 3. The van der Waals surface area contributed by atoms with Gasteiger partial charge < -0.3 is 10.1 Å². The lowest BCUT2D eigenvalue weighted by atomic mass is 9.85. The van der Waals surface area contributed by atoms with Crippen molar-refractivity contribution >= 4 is 11.9 Å². The first-order valence-corrected chi connectivity index (χ1v) is 7.57. The van der Waals surface area contributed by atoms with Crippen LogP contribution in [0.4, 0.5) is 11.9 Å². The molecule has 120 valence electrons. The lowest BCUT2D eigenvalue weighted by Crippen LogP contribution is -2.25. The summed E-state index contributed by atoms with van der Waals surface area (Å²) in [5.74, 6) is 7.87. The molecule has 1 aromatic rings. The van der Waals surface area contributed by atoms with Gasteiger partial charge in [0, 0.05) is 6.54 Å². The zero-order valence-corrected chi connectivity index (χ0v) is 13.7. The second-order valence-corrected chi connectivity index (χ2v) is 5.79. The van der Waals surface area contributed by atoms with Gasteiger partial charge in [-0.05, 0) is 24.2 Å². The third kappa shape index (κ3) is 5.71. The standard InChI is InChI=1S/C14H28N6O/c1-6-7-21-14-18-12(17-13(19-14)20-15)16-8-11(9(2)3)10(4)5/h9-11H,6-8,15H2,1-5H3,(H2,16,17,18,19,20). The molecule has 0 aliphatic carbocycles. The third-order valence-corrected chi connectivity index (χ3v) is 3.39. The summed E-state index contributed by atoms with van der Waals surface area (Å²) in [5, 5.41) is 3.26.